The summed E-state index contributed by atoms with van der Waals surface area (Å²) in [6.45, 7) is 9.69. The number of rotatable bonds is 81. The van der Waals surface area contributed by atoms with E-state index in [4.69, 9.17) is 37.0 Å². The van der Waals surface area contributed by atoms with Crippen LogP contribution >= 0.6 is 15.6 Å². The Morgan fingerprint density at radius 2 is 0.475 bits per heavy atom. The largest absolute Gasteiger partial charge is 0.472 e. The number of unbranched alkanes of at least 4 members (excludes halogenated alkanes) is 49. The minimum absolute atomic E-state index is 0.106. The van der Waals surface area contributed by atoms with Crippen molar-refractivity contribution < 1.29 is 80.2 Å². The monoisotopic (exact) mass is 1480 g/mol. The molecule has 0 aliphatic carbocycles. The van der Waals surface area contributed by atoms with E-state index < -0.39 is 97.5 Å². The van der Waals surface area contributed by atoms with E-state index in [0.717, 1.165) is 108 Å². The normalized spacial score (nSPS) is 14.4. The first-order chi connectivity index (χ1) is 48.9. The molecule has 0 saturated carbocycles. The van der Waals surface area contributed by atoms with E-state index in [0.29, 0.717) is 25.7 Å². The maximum atomic E-state index is 13.1. The molecule has 3 N–H and O–H groups in total. The molecular formula is C82H160O17P2. The third-order valence-corrected chi connectivity index (χ3v) is 21.8. The van der Waals surface area contributed by atoms with Gasteiger partial charge in [-0.15, -0.1) is 0 Å². The molecule has 0 heterocycles. The van der Waals surface area contributed by atoms with Gasteiger partial charge in [0.15, 0.2) is 12.2 Å². The maximum absolute atomic E-state index is 13.1. The minimum Gasteiger partial charge on any atom is -0.462 e. The van der Waals surface area contributed by atoms with Crippen LogP contribution in [0.3, 0.4) is 0 Å². The van der Waals surface area contributed by atoms with E-state index in [2.05, 4.69) is 41.5 Å². The number of aliphatic hydroxyl groups is 1. The molecule has 0 saturated heterocycles. The fourth-order valence-electron chi connectivity index (χ4n) is 12.6. The number of phosphoric acid groups is 2. The van der Waals surface area contributed by atoms with Crippen molar-refractivity contribution in [1.82, 2.24) is 0 Å². The van der Waals surface area contributed by atoms with Gasteiger partial charge in [0.25, 0.3) is 0 Å². The lowest BCUT2D eigenvalue weighted by Crippen LogP contribution is -2.30. The zero-order valence-electron chi connectivity index (χ0n) is 66.2. The van der Waals surface area contributed by atoms with Crippen LogP contribution in [-0.4, -0.2) is 96.7 Å². The summed E-state index contributed by atoms with van der Waals surface area (Å²) in [5, 5.41) is 10.6. The summed E-state index contributed by atoms with van der Waals surface area (Å²) in [6.07, 6.45) is 63.9. The van der Waals surface area contributed by atoms with Gasteiger partial charge in [0.05, 0.1) is 26.4 Å². The molecule has 0 amide bonds. The molecule has 0 rings (SSSR count). The Labute approximate surface area is 619 Å². The predicted molar refractivity (Wildman–Crippen MR) is 414 cm³/mol. The Bertz CT molecular complexity index is 1950. The average Bonchev–Trinajstić information content (AvgIpc) is 0.973. The maximum Gasteiger partial charge on any atom is 0.472 e. The van der Waals surface area contributed by atoms with Gasteiger partial charge in [0.1, 0.15) is 19.3 Å². The van der Waals surface area contributed by atoms with Gasteiger partial charge in [-0.25, -0.2) is 9.13 Å². The van der Waals surface area contributed by atoms with Gasteiger partial charge in [-0.3, -0.25) is 37.3 Å². The molecule has 600 valence electrons. The number of hydrogen-bond acceptors (Lipinski definition) is 15. The molecule has 0 spiro atoms. The van der Waals surface area contributed by atoms with Crippen LogP contribution in [0, 0.1) is 11.8 Å². The van der Waals surface area contributed by atoms with Gasteiger partial charge in [0, 0.05) is 25.7 Å². The third kappa shape index (κ3) is 73.4. The average molecular weight is 1480 g/mol. The molecule has 19 heteroatoms. The number of ether oxygens (including phenoxy) is 4. The van der Waals surface area contributed by atoms with Crippen LogP contribution in [0.25, 0.3) is 0 Å². The molecule has 0 aromatic heterocycles. The molecule has 0 aromatic rings. The van der Waals surface area contributed by atoms with Crippen LogP contribution in [0.15, 0.2) is 0 Å². The first kappa shape index (κ1) is 99.1. The Morgan fingerprint density at radius 1 is 0.277 bits per heavy atom. The summed E-state index contributed by atoms with van der Waals surface area (Å²) in [7, 11) is -9.92. The van der Waals surface area contributed by atoms with E-state index in [-0.39, 0.29) is 25.7 Å². The van der Waals surface area contributed by atoms with Crippen LogP contribution in [0.1, 0.15) is 433 Å². The van der Waals surface area contributed by atoms with E-state index in [1.165, 1.54) is 244 Å². The van der Waals surface area contributed by atoms with E-state index in [1.807, 2.05) is 0 Å². The van der Waals surface area contributed by atoms with Gasteiger partial charge in [-0.1, -0.05) is 382 Å². The highest BCUT2D eigenvalue weighted by Crippen LogP contribution is 2.45. The number of hydrogen-bond donors (Lipinski definition) is 3. The van der Waals surface area contributed by atoms with Crippen LogP contribution in [0.2, 0.25) is 0 Å². The van der Waals surface area contributed by atoms with Crippen LogP contribution in [0.4, 0.5) is 0 Å². The molecule has 0 bridgehead atoms. The van der Waals surface area contributed by atoms with Crippen LogP contribution < -0.4 is 0 Å². The number of esters is 4. The van der Waals surface area contributed by atoms with Gasteiger partial charge in [-0.05, 0) is 37.5 Å². The lowest BCUT2D eigenvalue weighted by molar-refractivity contribution is -0.161. The summed E-state index contributed by atoms with van der Waals surface area (Å²) in [5.41, 5.74) is 0. The molecule has 0 aliphatic rings. The second kappa shape index (κ2) is 73.6. The molecule has 101 heavy (non-hydrogen) atoms. The second-order valence-electron chi connectivity index (χ2n) is 30.0. The number of carbonyl (C=O) groups excluding carboxylic acids is 4. The van der Waals surface area contributed by atoms with Crippen molar-refractivity contribution in [3.8, 4) is 0 Å². The van der Waals surface area contributed by atoms with Crippen molar-refractivity contribution in [2.24, 2.45) is 11.8 Å². The first-order valence-electron chi connectivity index (χ1n) is 42.6. The van der Waals surface area contributed by atoms with Crippen molar-refractivity contribution in [2.75, 3.05) is 39.6 Å². The Hall–Kier alpha value is -1.94. The fourth-order valence-corrected chi connectivity index (χ4v) is 14.2. The summed E-state index contributed by atoms with van der Waals surface area (Å²) >= 11 is 0. The fraction of sp³-hybridized carbons (Fsp3) is 0.951. The van der Waals surface area contributed by atoms with Crippen molar-refractivity contribution in [1.29, 1.82) is 0 Å². The lowest BCUT2D eigenvalue weighted by atomic mass is 9.99. The van der Waals surface area contributed by atoms with Crippen LogP contribution in [0.5, 0.6) is 0 Å². The smallest absolute Gasteiger partial charge is 0.462 e. The van der Waals surface area contributed by atoms with Crippen LogP contribution in [-0.2, 0) is 65.4 Å². The molecule has 17 nitrogen and oxygen atoms in total. The third-order valence-electron chi connectivity index (χ3n) is 19.9. The predicted octanol–water partition coefficient (Wildman–Crippen LogP) is 24.7. The Balaban J connectivity index is 5.20. The zero-order chi connectivity index (χ0) is 74.2. The summed E-state index contributed by atoms with van der Waals surface area (Å²) in [4.78, 5) is 73.0. The van der Waals surface area contributed by atoms with Gasteiger partial charge < -0.3 is 33.8 Å². The van der Waals surface area contributed by atoms with Crippen molar-refractivity contribution >= 4 is 39.5 Å². The number of carbonyl (C=O) groups is 4. The Kier molecular flexibility index (Phi) is 72.2. The molecule has 0 fully saturated rings. The van der Waals surface area contributed by atoms with Gasteiger partial charge in [0.2, 0.25) is 0 Å². The lowest BCUT2D eigenvalue weighted by Gasteiger charge is -2.21. The van der Waals surface area contributed by atoms with Crippen molar-refractivity contribution in [3.63, 3.8) is 0 Å². The topological polar surface area (TPSA) is 237 Å². The van der Waals surface area contributed by atoms with Gasteiger partial charge >= 0.3 is 39.5 Å². The SMILES string of the molecule is CCCCCCCCCCCCCCCCCCCCCCCC(=O)O[C@H](COC(=O)CCCCCCCCCCCCCCCCC(C)CC)COP(=O)(O)OC[C@@H](O)COP(=O)(O)OC[C@@H](COC(=O)CCCCCCCCCC)OC(=O)CCCCCCCCCCCCC(C)CC. The first-order valence-corrected chi connectivity index (χ1v) is 45.6. The molecule has 0 aliphatic heterocycles. The molecule has 7 atom stereocenters. The molecular weight excluding hydrogens is 1320 g/mol. The minimum atomic E-state index is -4.96. The highest BCUT2D eigenvalue weighted by atomic mass is 31.2. The molecule has 0 radical (unpaired) electrons. The summed E-state index contributed by atoms with van der Waals surface area (Å²) in [5.74, 6) is -0.458. The van der Waals surface area contributed by atoms with E-state index in [1.54, 1.807) is 0 Å². The van der Waals surface area contributed by atoms with E-state index >= 15 is 0 Å². The number of phosphoric ester groups is 2. The number of aliphatic hydroxyl groups excluding tert-OH is 1. The molecule has 0 aromatic carbocycles. The second-order valence-corrected chi connectivity index (χ2v) is 32.9. The standard InChI is InChI=1S/C82H160O17P2/c1-7-11-13-15-17-19-20-21-22-23-24-25-26-27-28-33-36-42-48-54-60-66-81(86)99-78(71-93-80(85)65-59-53-47-41-35-32-30-29-31-34-39-44-50-56-62-74(5)9-3)73-97-101(90,91)95-69-76(83)68-94-100(88,89)96-72-77(70-92-79(84)64-58-52-46-18-16-14-12-8-2)98-82(87)67-61-55-49-43-38-37-40-45-51-57-63-75(6)10-4/h74-78,83H,7-73H2,1-6H3,(H,88,89)(H,90,91)/t74?,75?,76-,77+,78+/m0/s1. The van der Waals surface area contributed by atoms with Crippen molar-refractivity contribution in [2.45, 2.75) is 452 Å². The molecule has 4 unspecified atom stereocenters. The van der Waals surface area contributed by atoms with Gasteiger partial charge in [-0.2, -0.15) is 0 Å². The van der Waals surface area contributed by atoms with Crippen molar-refractivity contribution in [3.05, 3.63) is 0 Å². The highest BCUT2D eigenvalue weighted by molar-refractivity contribution is 7.47. The quantitative estimate of drug-likeness (QED) is 0.0222. The Morgan fingerprint density at radius 3 is 0.703 bits per heavy atom. The zero-order valence-corrected chi connectivity index (χ0v) is 68.0. The highest BCUT2D eigenvalue weighted by Gasteiger charge is 2.30. The summed E-state index contributed by atoms with van der Waals surface area (Å²) in [6, 6.07) is 0. The summed E-state index contributed by atoms with van der Waals surface area (Å²) < 4.78 is 68.7. The van der Waals surface area contributed by atoms with E-state index in [9.17, 15) is 43.2 Å².